The molecule has 1 N–H and O–H groups in total. The lowest BCUT2D eigenvalue weighted by Crippen LogP contribution is -2.21. The molecule has 0 aliphatic carbocycles. The van der Waals surface area contributed by atoms with Gasteiger partial charge in [0.05, 0.1) is 17.6 Å². The molecule has 0 aromatic carbocycles. The molecule has 2 heterocycles. The van der Waals surface area contributed by atoms with Gasteiger partial charge in [0.15, 0.2) is 0 Å². The highest BCUT2D eigenvalue weighted by Crippen LogP contribution is 2.34. The molecule has 0 radical (unpaired) electrons. The van der Waals surface area contributed by atoms with Crippen LogP contribution in [0.25, 0.3) is 0 Å². The predicted octanol–water partition coefficient (Wildman–Crippen LogP) is 2.19. The van der Waals surface area contributed by atoms with E-state index in [9.17, 15) is 14.4 Å². The Morgan fingerprint density at radius 3 is 2.38 bits per heavy atom. The van der Waals surface area contributed by atoms with E-state index in [1.807, 2.05) is 0 Å². The minimum absolute atomic E-state index is 0.190. The lowest BCUT2D eigenvalue weighted by Gasteiger charge is -2.08. The number of esters is 1. The summed E-state index contributed by atoms with van der Waals surface area (Å²) in [6.45, 7) is 1.65. The summed E-state index contributed by atoms with van der Waals surface area (Å²) in [6.07, 6.45) is 2.99. The molecule has 0 saturated heterocycles. The molecule has 2 aromatic rings. The van der Waals surface area contributed by atoms with Crippen molar-refractivity contribution in [2.75, 3.05) is 26.5 Å². The minimum Gasteiger partial charge on any atom is -0.465 e. The Kier molecular flexibility index (Phi) is 5.30. The highest BCUT2D eigenvalue weighted by molar-refractivity contribution is 7.18. The fourth-order valence-electron chi connectivity index (χ4n) is 2.04. The Morgan fingerprint density at radius 2 is 1.83 bits per heavy atom. The maximum absolute atomic E-state index is 12.3. The number of hydrogen-bond acceptors (Lipinski definition) is 6. The van der Waals surface area contributed by atoms with E-state index in [-0.39, 0.29) is 16.5 Å². The second kappa shape index (κ2) is 7.22. The van der Waals surface area contributed by atoms with Crippen LogP contribution >= 0.6 is 11.3 Å². The van der Waals surface area contributed by atoms with Gasteiger partial charge in [0.1, 0.15) is 5.00 Å². The van der Waals surface area contributed by atoms with Crippen LogP contribution in [0.1, 0.15) is 36.0 Å². The molecule has 0 fully saturated rings. The van der Waals surface area contributed by atoms with E-state index in [0.29, 0.717) is 16.0 Å². The topological polar surface area (TPSA) is 88.6 Å². The lowest BCUT2D eigenvalue weighted by atomic mass is 10.1. The zero-order valence-corrected chi connectivity index (χ0v) is 14.6. The number of amides is 2. The van der Waals surface area contributed by atoms with E-state index < -0.39 is 11.9 Å². The van der Waals surface area contributed by atoms with Crippen LogP contribution in [-0.4, -0.2) is 48.9 Å². The van der Waals surface area contributed by atoms with E-state index >= 15 is 0 Å². The number of carbonyl (C=O) groups excluding carboxylic acids is 3. The molecule has 0 atom stereocenters. The quantitative estimate of drug-likeness (QED) is 0.857. The number of ether oxygens (including phenoxy) is 1. The van der Waals surface area contributed by atoms with Crippen molar-refractivity contribution in [3.05, 3.63) is 46.1 Å². The molecule has 2 aromatic heterocycles. The van der Waals surface area contributed by atoms with Crippen LogP contribution < -0.4 is 5.32 Å². The van der Waals surface area contributed by atoms with Crippen molar-refractivity contribution in [3.8, 4) is 0 Å². The highest BCUT2D eigenvalue weighted by Gasteiger charge is 2.27. The number of nitrogens with zero attached hydrogens (tertiary/aromatic N) is 2. The molecule has 0 aliphatic heterocycles. The van der Waals surface area contributed by atoms with Crippen LogP contribution in [0.5, 0.6) is 0 Å². The molecule has 0 bridgehead atoms. The third-order valence-electron chi connectivity index (χ3n) is 3.31. The van der Waals surface area contributed by atoms with Gasteiger partial charge in [0, 0.05) is 32.1 Å². The van der Waals surface area contributed by atoms with Crippen molar-refractivity contribution < 1.29 is 19.1 Å². The number of rotatable bonds is 4. The Labute approximate surface area is 143 Å². The van der Waals surface area contributed by atoms with Crippen LogP contribution in [0.15, 0.2) is 24.5 Å². The summed E-state index contributed by atoms with van der Waals surface area (Å²) in [5.41, 5.74) is 1.07. The monoisotopic (exact) mass is 347 g/mol. The number of aromatic nitrogens is 1. The first-order chi connectivity index (χ1) is 11.4. The first-order valence-electron chi connectivity index (χ1n) is 7.01. The lowest BCUT2D eigenvalue weighted by molar-refractivity contribution is 0.0601. The Morgan fingerprint density at radius 1 is 1.21 bits per heavy atom. The molecule has 2 amide bonds. The number of pyridine rings is 1. The second-order valence-electron chi connectivity index (χ2n) is 5.14. The second-order valence-corrected chi connectivity index (χ2v) is 6.16. The fraction of sp³-hybridized carbons (Fsp3) is 0.250. The molecular weight excluding hydrogens is 330 g/mol. The average molecular weight is 347 g/mol. The van der Waals surface area contributed by atoms with Gasteiger partial charge >= 0.3 is 5.97 Å². The Balaban J connectivity index is 2.44. The fourth-order valence-corrected chi connectivity index (χ4v) is 3.25. The van der Waals surface area contributed by atoms with Gasteiger partial charge in [-0.25, -0.2) is 4.79 Å². The zero-order chi connectivity index (χ0) is 17.9. The Hall–Kier alpha value is -2.74. The van der Waals surface area contributed by atoms with Gasteiger partial charge in [0.2, 0.25) is 0 Å². The number of anilines is 1. The van der Waals surface area contributed by atoms with Gasteiger partial charge in [-0.05, 0) is 24.6 Å². The molecule has 126 valence electrons. The summed E-state index contributed by atoms with van der Waals surface area (Å²) in [4.78, 5) is 42.3. The third kappa shape index (κ3) is 3.43. The van der Waals surface area contributed by atoms with Crippen LogP contribution in [0.3, 0.4) is 0 Å². The van der Waals surface area contributed by atoms with Crippen molar-refractivity contribution in [1.29, 1.82) is 0 Å². The third-order valence-corrected chi connectivity index (χ3v) is 4.50. The standard InChI is InChI=1S/C16H17N3O4S/c1-9-11(16(22)23-4)14(24-12(9)15(21)19(2)3)18-13(20)10-5-7-17-8-6-10/h5-8H,1-4H3,(H,18,20). The summed E-state index contributed by atoms with van der Waals surface area (Å²) in [5, 5.41) is 2.96. The molecule has 0 spiro atoms. The van der Waals surface area contributed by atoms with Gasteiger partial charge in [-0.15, -0.1) is 11.3 Å². The van der Waals surface area contributed by atoms with Crippen LogP contribution in [0, 0.1) is 6.92 Å². The molecule has 8 heteroatoms. The summed E-state index contributed by atoms with van der Waals surface area (Å²) in [7, 11) is 4.49. The summed E-state index contributed by atoms with van der Waals surface area (Å²) < 4.78 is 4.78. The number of hydrogen-bond donors (Lipinski definition) is 1. The molecule has 24 heavy (non-hydrogen) atoms. The van der Waals surface area contributed by atoms with Crippen molar-refractivity contribution in [2.45, 2.75) is 6.92 Å². The average Bonchev–Trinajstić information content (AvgIpc) is 2.90. The van der Waals surface area contributed by atoms with Crippen molar-refractivity contribution in [1.82, 2.24) is 9.88 Å². The predicted molar refractivity (Wildman–Crippen MR) is 90.6 cm³/mol. The van der Waals surface area contributed by atoms with Crippen molar-refractivity contribution in [2.24, 2.45) is 0 Å². The summed E-state index contributed by atoms with van der Waals surface area (Å²) in [5.74, 6) is -1.24. The maximum atomic E-state index is 12.3. The van der Waals surface area contributed by atoms with Gasteiger partial charge in [0.25, 0.3) is 11.8 Å². The number of methoxy groups -OCH3 is 1. The summed E-state index contributed by atoms with van der Waals surface area (Å²) in [6, 6.07) is 3.11. The van der Waals surface area contributed by atoms with Crippen LogP contribution in [0.4, 0.5) is 5.00 Å². The molecule has 0 unspecified atom stereocenters. The van der Waals surface area contributed by atoms with Crippen molar-refractivity contribution in [3.63, 3.8) is 0 Å². The molecule has 7 nitrogen and oxygen atoms in total. The molecular formula is C16H17N3O4S. The molecule has 0 aliphatic rings. The minimum atomic E-state index is -0.605. The van der Waals surface area contributed by atoms with E-state index in [4.69, 9.17) is 4.74 Å². The highest BCUT2D eigenvalue weighted by atomic mass is 32.1. The normalized spacial score (nSPS) is 10.2. The van der Waals surface area contributed by atoms with E-state index in [0.717, 1.165) is 11.3 Å². The maximum Gasteiger partial charge on any atom is 0.341 e. The van der Waals surface area contributed by atoms with Crippen LogP contribution in [0.2, 0.25) is 0 Å². The van der Waals surface area contributed by atoms with Crippen LogP contribution in [-0.2, 0) is 4.74 Å². The number of carbonyl (C=O) groups is 3. The van der Waals surface area contributed by atoms with Gasteiger partial charge in [-0.3, -0.25) is 14.6 Å². The van der Waals surface area contributed by atoms with Crippen molar-refractivity contribution >= 4 is 34.1 Å². The SMILES string of the molecule is COC(=O)c1c(NC(=O)c2ccncc2)sc(C(=O)N(C)C)c1C. The number of nitrogens with one attached hydrogen (secondary N) is 1. The molecule has 0 saturated carbocycles. The summed E-state index contributed by atoms with van der Waals surface area (Å²) >= 11 is 1.05. The van der Waals surface area contributed by atoms with E-state index in [2.05, 4.69) is 10.3 Å². The van der Waals surface area contributed by atoms with E-state index in [1.54, 1.807) is 33.2 Å². The van der Waals surface area contributed by atoms with Gasteiger partial charge in [-0.2, -0.15) is 0 Å². The zero-order valence-electron chi connectivity index (χ0n) is 13.7. The molecule has 2 rings (SSSR count). The first-order valence-corrected chi connectivity index (χ1v) is 7.83. The largest absolute Gasteiger partial charge is 0.465 e. The number of thiophene rings is 1. The Bertz CT molecular complexity index is 784. The van der Waals surface area contributed by atoms with E-state index in [1.165, 1.54) is 24.4 Å². The van der Waals surface area contributed by atoms with Gasteiger partial charge in [-0.1, -0.05) is 0 Å². The smallest absolute Gasteiger partial charge is 0.341 e. The van der Waals surface area contributed by atoms with Gasteiger partial charge < -0.3 is 15.0 Å². The first kappa shape index (κ1) is 17.6.